The van der Waals surface area contributed by atoms with Crippen LogP contribution >= 0.6 is 0 Å². The summed E-state index contributed by atoms with van der Waals surface area (Å²) in [5.74, 6) is -2.01. The lowest BCUT2D eigenvalue weighted by molar-refractivity contribution is -0.129. The van der Waals surface area contributed by atoms with Crippen LogP contribution in [0.25, 0.3) is 22.3 Å². The molecule has 7 nitrogen and oxygen atoms in total. The molecule has 0 amide bonds. The van der Waals surface area contributed by atoms with Crippen LogP contribution in [0.15, 0.2) is 30.5 Å². The summed E-state index contributed by atoms with van der Waals surface area (Å²) in [7, 11) is -4.37. The number of nitrogens with zero attached hydrogens (tertiary/aromatic N) is 3. The van der Waals surface area contributed by atoms with Crippen molar-refractivity contribution in [1.82, 2.24) is 15.0 Å². The monoisotopic (exact) mass is 457 g/mol. The van der Waals surface area contributed by atoms with E-state index in [2.05, 4.69) is 15.0 Å². The Balaban J connectivity index is 1.94. The number of nitrogens with one attached hydrogen (secondary N) is 1. The molecule has 2 aromatic heterocycles. The highest BCUT2D eigenvalue weighted by atomic mass is 32.2. The predicted octanol–water partition coefficient (Wildman–Crippen LogP) is 4.23. The third kappa shape index (κ3) is 5.57. The van der Waals surface area contributed by atoms with Gasteiger partial charge in [-0.2, -0.15) is 13.2 Å². The predicted molar refractivity (Wildman–Crippen MR) is 109 cm³/mol. The summed E-state index contributed by atoms with van der Waals surface area (Å²) in [5.41, 5.74) is 7.78. The molecule has 3 aromatic rings. The van der Waals surface area contributed by atoms with E-state index in [-0.39, 0.29) is 11.9 Å². The maximum absolute atomic E-state index is 14.5. The van der Waals surface area contributed by atoms with E-state index in [1.807, 2.05) is 18.6 Å². The molecule has 0 aliphatic rings. The minimum Gasteiger partial charge on any atom is -0.368 e. The summed E-state index contributed by atoms with van der Waals surface area (Å²) in [4.78, 5) is 12.6. The molecule has 0 saturated carbocycles. The molecule has 31 heavy (non-hydrogen) atoms. The van der Waals surface area contributed by atoms with Crippen molar-refractivity contribution >= 4 is 32.7 Å². The molecule has 0 saturated heterocycles. The molecular formula is C19H19F4N5O2S. The highest BCUT2D eigenvalue weighted by Crippen LogP contribution is 2.30. The van der Waals surface area contributed by atoms with Crippen LogP contribution in [0.1, 0.15) is 31.7 Å². The molecule has 0 radical (unpaired) electrons. The number of halogens is 4. The fourth-order valence-corrected chi connectivity index (χ4v) is 3.98. The first-order chi connectivity index (χ1) is 14.3. The molecule has 1 aromatic carbocycles. The number of alkyl halides is 3. The van der Waals surface area contributed by atoms with Crippen LogP contribution in [-0.4, -0.2) is 35.3 Å². The molecule has 0 spiro atoms. The summed E-state index contributed by atoms with van der Waals surface area (Å²) < 4.78 is 76.9. The topological polar surface area (TPSA) is 111 Å². The van der Waals surface area contributed by atoms with Crippen LogP contribution in [0.5, 0.6) is 0 Å². The van der Waals surface area contributed by atoms with Gasteiger partial charge in [0, 0.05) is 5.56 Å². The number of nitrogens with two attached hydrogens (primary N) is 1. The zero-order chi connectivity index (χ0) is 23.0. The van der Waals surface area contributed by atoms with E-state index in [0.717, 1.165) is 17.7 Å². The van der Waals surface area contributed by atoms with Gasteiger partial charge in [-0.1, -0.05) is 19.9 Å². The Bertz CT molecular complexity index is 1230. The van der Waals surface area contributed by atoms with Gasteiger partial charge >= 0.3 is 6.18 Å². The standard InChI is InChI=1S/C19H19F4N5O2S/c1-10(2)12-8-15(26-16-9-25-18(24)27-17(12)16)11-3-4-14(13(20)7-11)28-31(29,30)6-5-19(21,22)23/h3-4,7-10,28H,5-6H2,1-2H3,(H2,24,25,27). The summed E-state index contributed by atoms with van der Waals surface area (Å²) >= 11 is 0. The van der Waals surface area contributed by atoms with Crippen molar-refractivity contribution in [3.63, 3.8) is 0 Å². The number of benzene rings is 1. The number of aromatic nitrogens is 3. The molecule has 0 atom stereocenters. The molecule has 0 fully saturated rings. The molecule has 3 rings (SSSR count). The average molecular weight is 457 g/mol. The Morgan fingerprint density at radius 1 is 1.16 bits per heavy atom. The van der Waals surface area contributed by atoms with Crippen molar-refractivity contribution in [1.29, 1.82) is 0 Å². The molecular weight excluding hydrogens is 438 g/mol. The van der Waals surface area contributed by atoms with Crippen molar-refractivity contribution in [2.75, 3.05) is 16.2 Å². The SMILES string of the molecule is CC(C)c1cc(-c2ccc(NS(=O)(=O)CCC(F)(F)F)c(F)c2)nc2cnc(N)nc12. The Hall–Kier alpha value is -3.02. The van der Waals surface area contributed by atoms with Gasteiger partial charge in [0.1, 0.15) is 11.3 Å². The molecule has 166 valence electrons. The van der Waals surface area contributed by atoms with Crippen LogP contribution in [0.3, 0.4) is 0 Å². The second-order valence-corrected chi connectivity index (χ2v) is 9.04. The third-order valence-electron chi connectivity index (χ3n) is 4.40. The number of hydrogen-bond donors (Lipinski definition) is 2. The third-order valence-corrected chi connectivity index (χ3v) is 5.67. The average Bonchev–Trinajstić information content (AvgIpc) is 2.66. The first-order valence-electron chi connectivity index (χ1n) is 9.15. The quantitative estimate of drug-likeness (QED) is 0.536. The normalized spacial score (nSPS) is 12.5. The van der Waals surface area contributed by atoms with Gasteiger partial charge in [-0.3, -0.25) is 4.72 Å². The van der Waals surface area contributed by atoms with Crippen molar-refractivity contribution in [3.8, 4) is 11.3 Å². The van der Waals surface area contributed by atoms with E-state index in [1.54, 1.807) is 6.07 Å². The zero-order valence-electron chi connectivity index (χ0n) is 16.5. The second-order valence-electron chi connectivity index (χ2n) is 7.19. The maximum atomic E-state index is 14.5. The lowest BCUT2D eigenvalue weighted by Gasteiger charge is -2.13. The van der Waals surface area contributed by atoms with E-state index >= 15 is 0 Å². The Labute approximate surface area is 175 Å². The number of anilines is 2. The molecule has 2 heterocycles. The lowest BCUT2D eigenvalue weighted by atomic mass is 9.99. The summed E-state index contributed by atoms with van der Waals surface area (Å²) in [5, 5.41) is 0. The van der Waals surface area contributed by atoms with E-state index in [1.165, 1.54) is 12.3 Å². The highest BCUT2D eigenvalue weighted by Gasteiger charge is 2.30. The first-order valence-corrected chi connectivity index (χ1v) is 10.8. The van der Waals surface area contributed by atoms with Crippen molar-refractivity contribution in [2.45, 2.75) is 32.4 Å². The molecule has 0 unspecified atom stereocenters. The largest absolute Gasteiger partial charge is 0.390 e. The fraction of sp³-hybridized carbons (Fsp3) is 0.316. The molecule has 0 bridgehead atoms. The van der Waals surface area contributed by atoms with Gasteiger partial charge in [0.05, 0.1) is 35.3 Å². The molecule has 0 aliphatic carbocycles. The Morgan fingerprint density at radius 3 is 2.48 bits per heavy atom. The molecule has 0 aliphatic heterocycles. The fourth-order valence-electron chi connectivity index (χ4n) is 2.87. The van der Waals surface area contributed by atoms with Gasteiger partial charge in [-0.25, -0.2) is 27.8 Å². The van der Waals surface area contributed by atoms with Crippen LogP contribution in [0.4, 0.5) is 29.2 Å². The van der Waals surface area contributed by atoms with Gasteiger partial charge in [0.15, 0.2) is 0 Å². The summed E-state index contributed by atoms with van der Waals surface area (Å²) in [6.45, 7) is 3.88. The van der Waals surface area contributed by atoms with E-state index in [9.17, 15) is 26.0 Å². The van der Waals surface area contributed by atoms with Gasteiger partial charge in [-0.05, 0) is 29.7 Å². The van der Waals surface area contributed by atoms with Gasteiger partial charge in [-0.15, -0.1) is 0 Å². The number of fused-ring (bicyclic) bond motifs is 1. The van der Waals surface area contributed by atoms with Gasteiger partial charge in [0.2, 0.25) is 16.0 Å². The van der Waals surface area contributed by atoms with E-state index < -0.39 is 39.9 Å². The van der Waals surface area contributed by atoms with Gasteiger partial charge < -0.3 is 5.73 Å². The van der Waals surface area contributed by atoms with Crippen LogP contribution in [0.2, 0.25) is 0 Å². The number of rotatable bonds is 6. The van der Waals surface area contributed by atoms with Crippen LogP contribution in [0, 0.1) is 5.82 Å². The molecule has 12 heteroatoms. The number of hydrogen-bond acceptors (Lipinski definition) is 6. The number of sulfonamides is 1. The highest BCUT2D eigenvalue weighted by molar-refractivity contribution is 7.92. The van der Waals surface area contributed by atoms with Crippen molar-refractivity contribution in [2.24, 2.45) is 0 Å². The zero-order valence-corrected chi connectivity index (χ0v) is 17.4. The summed E-state index contributed by atoms with van der Waals surface area (Å²) in [6.07, 6.45) is -4.72. The summed E-state index contributed by atoms with van der Waals surface area (Å²) in [6, 6.07) is 5.33. The van der Waals surface area contributed by atoms with Crippen LogP contribution < -0.4 is 10.5 Å². The number of nitrogen functional groups attached to an aromatic ring is 1. The van der Waals surface area contributed by atoms with Gasteiger partial charge in [0.25, 0.3) is 0 Å². The first kappa shape index (κ1) is 22.7. The Kier molecular flexibility index (Phi) is 6.03. The second kappa shape index (κ2) is 8.25. The number of pyridine rings is 1. The van der Waals surface area contributed by atoms with E-state index in [4.69, 9.17) is 5.73 Å². The van der Waals surface area contributed by atoms with Crippen molar-refractivity contribution in [3.05, 3.63) is 41.8 Å². The lowest BCUT2D eigenvalue weighted by Crippen LogP contribution is -2.22. The molecule has 3 N–H and O–H groups in total. The smallest absolute Gasteiger partial charge is 0.368 e. The van der Waals surface area contributed by atoms with Crippen molar-refractivity contribution < 1.29 is 26.0 Å². The maximum Gasteiger partial charge on any atom is 0.390 e. The minimum absolute atomic E-state index is 0.0445. The van der Waals surface area contributed by atoms with Crippen LogP contribution in [-0.2, 0) is 10.0 Å². The Morgan fingerprint density at radius 2 is 1.87 bits per heavy atom. The van der Waals surface area contributed by atoms with E-state index in [0.29, 0.717) is 22.3 Å². The minimum atomic E-state index is -4.64.